The van der Waals surface area contributed by atoms with E-state index < -0.39 is 0 Å². The molecule has 0 amide bonds. The molecule has 2 atom stereocenters. The van der Waals surface area contributed by atoms with Crippen molar-refractivity contribution in [3.63, 3.8) is 0 Å². The second kappa shape index (κ2) is 13.7. The highest BCUT2D eigenvalue weighted by molar-refractivity contribution is 5.56. The van der Waals surface area contributed by atoms with E-state index in [0.717, 1.165) is 51.7 Å². The van der Waals surface area contributed by atoms with Gasteiger partial charge in [-0.25, -0.2) is 0 Å². The lowest BCUT2D eigenvalue weighted by molar-refractivity contribution is -0.109. The van der Waals surface area contributed by atoms with Crippen LogP contribution in [0.25, 0.3) is 0 Å². The molecule has 0 saturated carbocycles. The van der Waals surface area contributed by atoms with Gasteiger partial charge < -0.3 is 20.3 Å². The smallest absolute Gasteiger partial charge is 0.136 e. The van der Waals surface area contributed by atoms with Gasteiger partial charge in [0.25, 0.3) is 0 Å². The molecular weight excluding hydrogens is 418 g/mol. The summed E-state index contributed by atoms with van der Waals surface area (Å²) in [5.74, 6) is 1.16. The minimum Gasteiger partial charge on any atom is -0.368 e. The lowest BCUT2D eigenvalue weighted by atomic mass is 9.97. The summed E-state index contributed by atoms with van der Waals surface area (Å²) in [5.41, 5.74) is 10.0. The van der Waals surface area contributed by atoms with Crippen LogP contribution in [-0.2, 0) is 17.6 Å². The number of hydrogen-bond donors (Lipinski definition) is 1. The first kappa shape index (κ1) is 26.4. The molecule has 1 fully saturated rings. The Hall–Kier alpha value is -2.17. The average molecular weight is 464 g/mol. The third-order valence-electron chi connectivity index (χ3n) is 7.18. The molecule has 1 heterocycles. The largest absolute Gasteiger partial charge is 0.368 e. The summed E-state index contributed by atoms with van der Waals surface area (Å²) >= 11 is 0. The topological polar surface area (TPSA) is 49.6 Å². The summed E-state index contributed by atoms with van der Waals surface area (Å²) in [5, 5.41) is 0. The zero-order valence-electron chi connectivity index (χ0n) is 21.5. The molecule has 2 aromatic rings. The van der Waals surface area contributed by atoms with Crippen LogP contribution in [0.1, 0.15) is 57.6 Å². The molecule has 1 aliphatic heterocycles. The van der Waals surface area contributed by atoms with E-state index >= 15 is 0 Å². The van der Waals surface area contributed by atoms with Gasteiger partial charge in [-0.1, -0.05) is 63.2 Å². The number of piperidine rings is 1. The van der Waals surface area contributed by atoms with Crippen molar-refractivity contribution >= 4 is 12.0 Å². The van der Waals surface area contributed by atoms with Gasteiger partial charge in [0.1, 0.15) is 6.29 Å². The highest BCUT2D eigenvalue weighted by atomic mass is 16.1. The number of aldehydes is 1. The summed E-state index contributed by atoms with van der Waals surface area (Å²) < 4.78 is 0. The summed E-state index contributed by atoms with van der Waals surface area (Å²) in [4.78, 5) is 16.1. The Labute approximate surface area is 207 Å². The van der Waals surface area contributed by atoms with Gasteiger partial charge in [0.05, 0.1) is 6.04 Å². The van der Waals surface area contributed by atoms with Gasteiger partial charge in [0, 0.05) is 37.9 Å². The van der Waals surface area contributed by atoms with Gasteiger partial charge in [-0.05, 0) is 73.6 Å². The molecule has 34 heavy (non-hydrogen) atoms. The molecule has 1 aliphatic rings. The number of nitrogens with zero attached hydrogens (tertiary/aromatic N) is 2. The maximum atomic E-state index is 10.9. The van der Waals surface area contributed by atoms with Gasteiger partial charge in [-0.15, -0.1) is 0 Å². The van der Waals surface area contributed by atoms with Crippen molar-refractivity contribution in [2.75, 3.05) is 31.1 Å². The van der Waals surface area contributed by atoms with Crippen molar-refractivity contribution in [1.29, 1.82) is 0 Å². The second-order valence-corrected chi connectivity index (χ2v) is 10.7. The fourth-order valence-electron chi connectivity index (χ4n) is 5.16. The average Bonchev–Trinajstić information content (AvgIpc) is 2.85. The SMILES string of the molecule is CC(C)CCN(c1ccc(CCc2ccccc2)cc1)C1CCN(CC(C)CC(N)C=O)CC1. The van der Waals surface area contributed by atoms with E-state index in [2.05, 4.69) is 85.2 Å². The molecule has 0 aliphatic carbocycles. The molecule has 1 saturated heterocycles. The standard InChI is InChI=1S/C30H45N3O/c1-24(2)15-20-33(30-16-18-32(19-17-30)22-25(3)21-28(31)23-34)29-13-11-27(12-14-29)10-9-26-7-5-4-6-8-26/h4-8,11-14,23-25,28,30H,9-10,15-22,31H2,1-3H3. The Bertz CT molecular complexity index is 828. The van der Waals surface area contributed by atoms with Gasteiger partial charge in [-0.2, -0.15) is 0 Å². The number of rotatable bonds is 13. The van der Waals surface area contributed by atoms with Crippen LogP contribution in [0.4, 0.5) is 5.69 Å². The van der Waals surface area contributed by atoms with Crippen LogP contribution in [0.2, 0.25) is 0 Å². The third-order valence-corrected chi connectivity index (χ3v) is 7.18. The van der Waals surface area contributed by atoms with Crippen molar-refractivity contribution in [2.45, 2.75) is 71.4 Å². The minimum atomic E-state index is -0.324. The number of likely N-dealkylation sites (tertiary alicyclic amines) is 1. The van der Waals surface area contributed by atoms with Gasteiger partial charge in [-0.3, -0.25) is 0 Å². The van der Waals surface area contributed by atoms with Crippen LogP contribution < -0.4 is 10.6 Å². The number of carbonyl (C=O) groups excluding carboxylic acids is 1. The van der Waals surface area contributed by atoms with E-state index in [1.807, 2.05) is 0 Å². The molecule has 4 nitrogen and oxygen atoms in total. The van der Waals surface area contributed by atoms with Crippen molar-refractivity contribution in [2.24, 2.45) is 17.6 Å². The lowest BCUT2D eigenvalue weighted by Gasteiger charge is -2.41. The molecule has 2 aromatic carbocycles. The van der Waals surface area contributed by atoms with Crippen LogP contribution in [0.5, 0.6) is 0 Å². The Morgan fingerprint density at radius 3 is 2.18 bits per heavy atom. The number of hydrogen-bond acceptors (Lipinski definition) is 4. The van der Waals surface area contributed by atoms with E-state index in [-0.39, 0.29) is 6.04 Å². The second-order valence-electron chi connectivity index (χ2n) is 10.7. The van der Waals surface area contributed by atoms with Crippen LogP contribution >= 0.6 is 0 Å². The number of carbonyl (C=O) groups is 1. The zero-order valence-corrected chi connectivity index (χ0v) is 21.5. The molecular formula is C30H45N3O. The monoisotopic (exact) mass is 463 g/mol. The predicted octanol–water partition coefficient (Wildman–Crippen LogP) is 5.34. The third kappa shape index (κ3) is 8.56. The molecule has 0 aromatic heterocycles. The van der Waals surface area contributed by atoms with Crippen LogP contribution in [-0.4, -0.2) is 49.4 Å². The normalized spacial score (nSPS) is 17.0. The van der Waals surface area contributed by atoms with Crippen molar-refractivity contribution < 1.29 is 4.79 Å². The van der Waals surface area contributed by atoms with Crippen molar-refractivity contribution in [3.8, 4) is 0 Å². The zero-order chi connectivity index (χ0) is 24.3. The van der Waals surface area contributed by atoms with Crippen LogP contribution in [0, 0.1) is 11.8 Å². The number of anilines is 1. The highest BCUT2D eigenvalue weighted by Gasteiger charge is 2.26. The maximum Gasteiger partial charge on any atom is 0.136 e. The summed E-state index contributed by atoms with van der Waals surface area (Å²) in [7, 11) is 0. The van der Waals surface area contributed by atoms with E-state index in [1.165, 1.54) is 36.1 Å². The molecule has 2 N–H and O–H groups in total. The van der Waals surface area contributed by atoms with E-state index in [9.17, 15) is 4.79 Å². The first-order valence-electron chi connectivity index (χ1n) is 13.3. The summed E-state index contributed by atoms with van der Waals surface area (Å²) in [6.45, 7) is 11.3. The number of aryl methyl sites for hydroxylation is 2. The van der Waals surface area contributed by atoms with E-state index in [1.54, 1.807) is 0 Å². The molecule has 186 valence electrons. The van der Waals surface area contributed by atoms with Gasteiger partial charge >= 0.3 is 0 Å². The Kier molecular flexibility index (Phi) is 10.6. The molecule has 0 spiro atoms. The Morgan fingerprint density at radius 1 is 0.971 bits per heavy atom. The maximum absolute atomic E-state index is 10.9. The lowest BCUT2D eigenvalue weighted by Crippen LogP contribution is -2.46. The molecule has 0 bridgehead atoms. The van der Waals surface area contributed by atoms with Crippen LogP contribution in [0.15, 0.2) is 54.6 Å². The van der Waals surface area contributed by atoms with Crippen molar-refractivity contribution in [3.05, 3.63) is 65.7 Å². The highest BCUT2D eigenvalue weighted by Crippen LogP contribution is 2.26. The minimum absolute atomic E-state index is 0.324. The van der Waals surface area contributed by atoms with Crippen molar-refractivity contribution in [1.82, 2.24) is 4.90 Å². The number of benzene rings is 2. The molecule has 2 unspecified atom stereocenters. The summed E-state index contributed by atoms with van der Waals surface area (Å²) in [6.07, 6.45) is 7.44. The molecule has 4 heteroatoms. The Balaban J connectivity index is 1.57. The quantitative estimate of drug-likeness (QED) is 0.407. The first-order valence-corrected chi connectivity index (χ1v) is 13.3. The van der Waals surface area contributed by atoms with Gasteiger partial charge in [0.2, 0.25) is 0 Å². The predicted molar refractivity (Wildman–Crippen MR) is 144 cm³/mol. The Morgan fingerprint density at radius 2 is 1.59 bits per heavy atom. The number of nitrogens with two attached hydrogens (primary N) is 1. The van der Waals surface area contributed by atoms with Crippen LogP contribution in [0.3, 0.4) is 0 Å². The summed E-state index contributed by atoms with van der Waals surface area (Å²) in [6, 6.07) is 20.4. The van der Waals surface area contributed by atoms with E-state index in [0.29, 0.717) is 17.9 Å². The first-order chi connectivity index (χ1) is 16.4. The molecule has 0 radical (unpaired) electrons. The molecule has 3 rings (SSSR count). The fourth-order valence-corrected chi connectivity index (χ4v) is 5.16. The fraction of sp³-hybridized carbons (Fsp3) is 0.567. The van der Waals surface area contributed by atoms with E-state index in [4.69, 9.17) is 5.73 Å². The van der Waals surface area contributed by atoms with Gasteiger partial charge in [0.15, 0.2) is 0 Å².